The fourth-order valence-electron chi connectivity index (χ4n) is 1.77. The lowest BCUT2D eigenvalue weighted by molar-refractivity contribution is 0.706. The van der Waals surface area contributed by atoms with E-state index in [-0.39, 0.29) is 0 Å². The van der Waals surface area contributed by atoms with Crippen LogP contribution in [0.25, 0.3) is 11.3 Å². The van der Waals surface area contributed by atoms with Crippen molar-refractivity contribution in [1.82, 2.24) is 4.98 Å². The van der Waals surface area contributed by atoms with Gasteiger partial charge >= 0.3 is 0 Å². The fraction of sp³-hybridized carbons (Fsp3) is 0.400. The van der Waals surface area contributed by atoms with Crippen LogP contribution in [0, 0.1) is 0 Å². The lowest BCUT2D eigenvalue weighted by Gasteiger charge is -1.98. The topological polar surface area (TPSA) is 12.9 Å². The summed E-state index contributed by atoms with van der Waals surface area (Å²) in [4.78, 5) is 4.67. The van der Waals surface area contributed by atoms with E-state index < -0.39 is 0 Å². The minimum Gasteiger partial charge on any atom is -0.230 e. The molecule has 0 radical (unpaired) electrons. The van der Waals surface area contributed by atoms with Crippen molar-refractivity contribution in [3.63, 3.8) is 0 Å². The Kier molecular flexibility index (Phi) is 6.21. The van der Waals surface area contributed by atoms with Crippen molar-refractivity contribution in [2.75, 3.05) is 5.75 Å². The van der Waals surface area contributed by atoms with Gasteiger partial charge < -0.3 is 0 Å². The molecule has 2 rings (SSSR count). The van der Waals surface area contributed by atoms with Gasteiger partial charge in [0.25, 0.3) is 0 Å². The molecule has 1 aromatic carbocycles. The summed E-state index contributed by atoms with van der Waals surface area (Å²) in [5, 5.41) is 2.89. The highest BCUT2D eigenvalue weighted by Gasteiger charge is 2.04. The van der Waals surface area contributed by atoms with Gasteiger partial charge in [-0.1, -0.05) is 61.7 Å². The van der Waals surface area contributed by atoms with Crippen molar-refractivity contribution in [1.29, 1.82) is 0 Å². The van der Waals surface area contributed by atoms with E-state index in [1.807, 2.05) is 36.0 Å². The number of rotatable bonds is 7. The van der Waals surface area contributed by atoms with Gasteiger partial charge in [-0.2, -0.15) is 0 Å². The van der Waals surface area contributed by atoms with Crippen LogP contribution in [0.1, 0.15) is 32.6 Å². The Morgan fingerprint density at radius 1 is 1.16 bits per heavy atom. The summed E-state index contributed by atoms with van der Waals surface area (Å²) in [5.41, 5.74) is 2.19. The maximum absolute atomic E-state index is 5.89. The third kappa shape index (κ3) is 4.83. The largest absolute Gasteiger partial charge is 0.230 e. The molecule has 1 nitrogen and oxygen atoms in total. The fourth-order valence-corrected chi connectivity index (χ4v) is 3.80. The Hall–Kier alpha value is -0.510. The number of unbranched alkanes of at least 4 members (excludes halogenated alkanes) is 3. The third-order valence-corrected chi connectivity index (χ3v) is 5.21. The molecule has 1 aromatic heterocycles. The Bertz CT molecular complexity index is 493. The van der Waals surface area contributed by atoms with Gasteiger partial charge in [0.15, 0.2) is 4.34 Å². The summed E-state index contributed by atoms with van der Waals surface area (Å²) < 4.78 is 1.17. The minimum atomic E-state index is 0.768. The van der Waals surface area contributed by atoms with Crippen LogP contribution in [0.2, 0.25) is 5.02 Å². The average Bonchev–Trinajstić information content (AvgIpc) is 2.88. The summed E-state index contributed by atoms with van der Waals surface area (Å²) >= 11 is 9.49. The SMILES string of the molecule is CCCCCCSc1nc(-c2ccc(Cl)cc2)cs1. The first kappa shape index (κ1) is 14.9. The van der Waals surface area contributed by atoms with Crippen molar-refractivity contribution in [3.05, 3.63) is 34.7 Å². The molecule has 0 unspecified atom stereocenters. The Morgan fingerprint density at radius 2 is 1.95 bits per heavy atom. The molecule has 0 saturated carbocycles. The molecule has 0 bridgehead atoms. The second-order valence-electron chi connectivity index (χ2n) is 4.41. The number of benzene rings is 1. The van der Waals surface area contributed by atoms with Crippen molar-refractivity contribution >= 4 is 34.7 Å². The van der Waals surface area contributed by atoms with Crippen molar-refractivity contribution in [2.24, 2.45) is 0 Å². The quantitative estimate of drug-likeness (QED) is 0.450. The van der Waals surface area contributed by atoms with Crippen LogP contribution >= 0.6 is 34.7 Å². The van der Waals surface area contributed by atoms with Crippen LogP contribution < -0.4 is 0 Å². The van der Waals surface area contributed by atoms with Crippen LogP contribution in [0.4, 0.5) is 0 Å². The van der Waals surface area contributed by atoms with Crippen LogP contribution in [0.3, 0.4) is 0 Å². The maximum atomic E-state index is 5.89. The van der Waals surface area contributed by atoms with Gasteiger partial charge in [-0.05, 0) is 18.6 Å². The zero-order valence-electron chi connectivity index (χ0n) is 11.1. The first-order valence-electron chi connectivity index (χ1n) is 6.64. The molecule has 0 N–H and O–H groups in total. The van der Waals surface area contributed by atoms with Gasteiger partial charge in [0.2, 0.25) is 0 Å². The van der Waals surface area contributed by atoms with Crippen LogP contribution in [0.5, 0.6) is 0 Å². The molecule has 0 aliphatic heterocycles. The molecule has 0 fully saturated rings. The molecule has 102 valence electrons. The molecule has 19 heavy (non-hydrogen) atoms. The van der Waals surface area contributed by atoms with Gasteiger partial charge in [-0.25, -0.2) is 4.98 Å². The Morgan fingerprint density at radius 3 is 2.68 bits per heavy atom. The highest BCUT2D eigenvalue weighted by atomic mass is 35.5. The molecule has 0 aliphatic carbocycles. The normalized spacial score (nSPS) is 10.8. The molecule has 0 spiro atoms. The van der Waals surface area contributed by atoms with Crippen molar-refractivity contribution < 1.29 is 0 Å². The monoisotopic (exact) mass is 311 g/mol. The molecule has 4 heteroatoms. The molecule has 2 aromatic rings. The highest BCUT2D eigenvalue weighted by Crippen LogP contribution is 2.29. The second-order valence-corrected chi connectivity index (χ2v) is 7.05. The van der Waals surface area contributed by atoms with Gasteiger partial charge in [0, 0.05) is 21.7 Å². The van der Waals surface area contributed by atoms with Crippen molar-refractivity contribution in [3.8, 4) is 11.3 Å². The Labute approximate surface area is 128 Å². The van der Waals surface area contributed by atoms with E-state index >= 15 is 0 Å². The summed E-state index contributed by atoms with van der Waals surface area (Å²) in [7, 11) is 0. The summed E-state index contributed by atoms with van der Waals surface area (Å²) in [6, 6.07) is 7.86. The van der Waals surface area contributed by atoms with Crippen LogP contribution in [-0.4, -0.2) is 10.7 Å². The maximum Gasteiger partial charge on any atom is 0.150 e. The standard InChI is InChI=1S/C15H18ClNS2/c1-2-3-4-5-10-18-15-17-14(11-19-15)12-6-8-13(16)9-7-12/h6-9,11H,2-5,10H2,1H3. The van der Waals surface area contributed by atoms with Gasteiger partial charge in [-0.3, -0.25) is 0 Å². The molecule has 0 aliphatic rings. The van der Waals surface area contributed by atoms with Crippen LogP contribution in [-0.2, 0) is 0 Å². The number of thiazole rings is 1. The van der Waals surface area contributed by atoms with E-state index in [0.717, 1.165) is 16.3 Å². The van der Waals surface area contributed by atoms with E-state index in [2.05, 4.69) is 17.3 Å². The molecular weight excluding hydrogens is 294 g/mol. The van der Waals surface area contributed by atoms with Crippen LogP contribution in [0.15, 0.2) is 34.0 Å². The average molecular weight is 312 g/mol. The number of nitrogens with zero attached hydrogens (tertiary/aromatic N) is 1. The third-order valence-electron chi connectivity index (χ3n) is 2.85. The zero-order valence-corrected chi connectivity index (χ0v) is 13.5. The summed E-state index contributed by atoms with van der Waals surface area (Å²) in [5.74, 6) is 1.17. The minimum absolute atomic E-state index is 0.768. The second kappa shape index (κ2) is 7.93. The number of hydrogen-bond acceptors (Lipinski definition) is 3. The predicted molar refractivity (Wildman–Crippen MR) is 87.4 cm³/mol. The van der Waals surface area contributed by atoms with Gasteiger partial charge in [0.1, 0.15) is 0 Å². The smallest absolute Gasteiger partial charge is 0.150 e. The zero-order chi connectivity index (χ0) is 13.5. The number of hydrogen-bond donors (Lipinski definition) is 0. The van der Waals surface area contributed by atoms with Gasteiger partial charge in [0.05, 0.1) is 5.69 Å². The van der Waals surface area contributed by atoms with E-state index in [0.29, 0.717) is 0 Å². The van der Waals surface area contributed by atoms with Crippen molar-refractivity contribution in [2.45, 2.75) is 36.9 Å². The Balaban J connectivity index is 1.86. The van der Waals surface area contributed by atoms with E-state index in [1.165, 1.54) is 35.8 Å². The number of thioether (sulfide) groups is 1. The lowest BCUT2D eigenvalue weighted by Crippen LogP contribution is -1.81. The van der Waals surface area contributed by atoms with E-state index in [4.69, 9.17) is 11.6 Å². The van der Waals surface area contributed by atoms with E-state index in [9.17, 15) is 0 Å². The molecule has 0 saturated heterocycles. The summed E-state index contributed by atoms with van der Waals surface area (Å²) in [6.45, 7) is 2.24. The molecule has 0 atom stereocenters. The number of halogens is 1. The first-order valence-corrected chi connectivity index (χ1v) is 8.88. The molecule has 0 amide bonds. The predicted octanol–water partition coefficient (Wildman–Crippen LogP) is 6.14. The summed E-state index contributed by atoms with van der Waals surface area (Å²) in [6.07, 6.45) is 5.25. The molecular formula is C15H18ClNS2. The first-order chi connectivity index (χ1) is 9.29. The lowest BCUT2D eigenvalue weighted by atomic mass is 10.2. The molecule has 1 heterocycles. The number of aromatic nitrogens is 1. The van der Waals surface area contributed by atoms with E-state index in [1.54, 1.807) is 11.3 Å². The highest BCUT2D eigenvalue weighted by molar-refractivity contribution is 8.01. The van der Waals surface area contributed by atoms with Gasteiger partial charge in [-0.15, -0.1) is 11.3 Å².